The first-order chi connectivity index (χ1) is 16.8. The topological polar surface area (TPSA) is 30.9 Å². The van der Waals surface area contributed by atoms with Crippen molar-refractivity contribution in [2.45, 2.75) is 37.0 Å². The van der Waals surface area contributed by atoms with Gasteiger partial charge in [0.1, 0.15) is 17.2 Å². The van der Waals surface area contributed by atoms with Crippen LogP contribution in [0.25, 0.3) is 0 Å². The third kappa shape index (κ3) is 7.94. The summed E-state index contributed by atoms with van der Waals surface area (Å²) in [6.45, 7) is 1.91. The monoisotopic (exact) mass is 495 g/mol. The zero-order chi connectivity index (χ0) is 23.4. The molecule has 0 amide bonds. The highest BCUT2D eigenvalue weighted by Gasteiger charge is 2.28. The van der Waals surface area contributed by atoms with E-state index in [-0.39, 0.29) is 0 Å². The van der Waals surface area contributed by atoms with Gasteiger partial charge in [-0.25, -0.2) is 4.67 Å². The molecule has 6 heteroatoms. The Hall–Kier alpha value is -2.20. The van der Waals surface area contributed by atoms with Crippen molar-refractivity contribution < 1.29 is 13.8 Å². The maximum Gasteiger partial charge on any atom is 0.384 e. The van der Waals surface area contributed by atoms with Crippen LogP contribution in [0.3, 0.4) is 0 Å². The quantitative estimate of drug-likeness (QED) is 0.187. The van der Waals surface area contributed by atoms with E-state index in [2.05, 4.69) is 16.8 Å². The lowest BCUT2D eigenvalue weighted by atomic mass is 9.89. The summed E-state index contributed by atoms with van der Waals surface area (Å²) in [5.41, 5.74) is 0. The van der Waals surface area contributed by atoms with Crippen molar-refractivity contribution in [1.29, 1.82) is 0 Å². The first-order valence-corrected chi connectivity index (χ1v) is 14.2. The highest BCUT2D eigenvalue weighted by molar-refractivity contribution is 7.99. The van der Waals surface area contributed by atoms with E-state index in [1.807, 2.05) is 84.6 Å². The summed E-state index contributed by atoms with van der Waals surface area (Å²) < 4.78 is 20.7. The molecule has 0 aromatic heterocycles. The zero-order valence-corrected chi connectivity index (χ0v) is 21.6. The lowest BCUT2D eigenvalue weighted by Gasteiger charge is -2.33. The average Bonchev–Trinajstić information content (AvgIpc) is 2.90. The standard InChI is InChI=1S/C28H34NO3PS/c1-30-25-17-19-28(20-18-25)34-22-21-29(23-24-11-5-2-6-12-24)33(31-26-13-7-3-8-14-26)32-27-15-9-4-10-16-27/h3-4,7-10,13-20,24H,2,5-6,11-12,21-23H2,1H3. The number of nitrogens with zero attached hydrogens (tertiary/aromatic N) is 1. The summed E-state index contributed by atoms with van der Waals surface area (Å²) >= 11 is 1.86. The Balaban J connectivity index is 1.48. The number of methoxy groups -OCH3 is 1. The van der Waals surface area contributed by atoms with Gasteiger partial charge >= 0.3 is 8.53 Å². The van der Waals surface area contributed by atoms with E-state index in [4.69, 9.17) is 13.8 Å². The first-order valence-electron chi connectivity index (χ1n) is 12.1. The van der Waals surface area contributed by atoms with Gasteiger partial charge in [-0.3, -0.25) is 0 Å². The SMILES string of the molecule is COc1ccc(SCCN(CC2CCCCC2)P(Oc2ccccc2)Oc2ccccc2)cc1. The van der Waals surface area contributed by atoms with Crippen LogP contribution in [0.4, 0.5) is 0 Å². The van der Waals surface area contributed by atoms with E-state index in [1.54, 1.807) is 7.11 Å². The van der Waals surface area contributed by atoms with Crippen LogP contribution >= 0.6 is 20.3 Å². The minimum Gasteiger partial charge on any atom is -0.497 e. The molecule has 0 unspecified atom stereocenters. The largest absolute Gasteiger partial charge is 0.497 e. The number of hydrogen-bond acceptors (Lipinski definition) is 5. The fraction of sp³-hybridized carbons (Fsp3) is 0.357. The molecule has 0 spiro atoms. The van der Waals surface area contributed by atoms with Gasteiger partial charge in [-0.15, -0.1) is 11.8 Å². The summed E-state index contributed by atoms with van der Waals surface area (Å²) in [4.78, 5) is 1.25. The van der Waals surface area contributed by atoms with Gasteiger partial charge in [0.25, 0.3) is 0 Å². The van der Waals surface area contributed by atoms with Gasteiger partial charge in [0.2, 0.25) is 0 Å². The van der Waals surface area contributed by atoms with Crippen LogP contribution in [-0.4, -0.2) is 30.6 Å². The van der Waals surface area contributed by atoms with E-state index in [0.717, 1.165) is 36.1 Å². The molecule has 0 heterocycles. The predicted molar refractivity (Wildman–Crippen MR) is 143 cm³/mol. The normalized spacial score (nSPS) is 14.3. The molecule has 0 N–H and O–H groups in total. The molecule has 0 radical (unpaired) electrons. The highest BCUT2D eigenvalue weighted by Crippen LogP contribution is 2.45. The summed E-state index contributed by atoms with van der Waals surface area (Å²) in [7, 11) is 0.412. The maximum atomic E-state index is 6.50. The molecule has 180 valence electrons. The molecule has 1 saturated carbocycles. The van der Waals surface area contributed by atoms with E-state index in [0.29, 0.717) is 5.92 Å². The minimum absolute atomic E-state index is 0.698. The van der Waals surface area contributed by atoms with Crippen molar-refractivity contribution in [2.75, 3.05) is 26.0 Å². The molecule has 1 aliphatic rings. The second-order valence-corrected chi connectivity index (χ2v) is 11.1. The number of thioether (sulfide) groups is 1. The molecule has 0 saturated heterocycles. The molecular formula is C28H34NO3PS. The Morgan fingerprint density at radius 2 is 1.35 bits per heavy atom. The lowest BCUT2D eigenvalue weighted by molar-refractivity contribution is 0.267. The molecule has 4 nitrogen and oxygen atoms in total. The fourth-order valence-corrected chi connectivity index (χ4v) is 6.64. The van der Waals surface area contributed by atoms with Gasteiger partial charge in [0.05, 0.1) is 7.11 Å². The molecule has 0 aliphatic heterocycles. The Morgan fingerprint density at radius 1 is 0.765 bits per heavy atom. The number of para-hydroxylation sites is 2. The molecule has 34 heavy (non-hydrogen) atoms. The first kappa shape index (κ1) is 24.9. The van der Waals surface area contributed by atoms with Crippen molar-refractivity contribution >= 4 is 20.3 Å². The summed E-state index contributed by atoms with van der Waals surface area (Å²) in [6, 6.07) is 28.4. The van der Waals surface area contributed by atoms with Crippen LogP contribution in [0, 0.1) is 5.92 Å². The molecule has 0 atom stereocenters. The van der Waals surface area contributed by atoms with Crippen molar-refractivity contribution in [2.24, 2.45) is 5.92 Å². The predicted octanol–water partition coefficient (Wildman–Crippen LogP) is 8.05. The van der Waals surface area contributed by atoms with Gasteiger partial charge < -0.3 is 13.8 Å². The number of benzene rings is 3. The Morgan fingerprint density at radius 3 is 1.91 bits per heavy atom. The van der Waals surface area contributed by atoms with Crippen LogP contribution in [0.2, 0.25) is 0 Å². The summed E-state index contributed by atoms with van der Waals surface area (Å²) in [5.74, 6) is 4.25. The third-order valence-electron chi connectivity index (χ3n) is 5.96. The van der Waals surface area contributed by atoms with Crippen LogP contribution < -0.4 is 13.8 Å². The van der Waals surface area contributed by atoms with Gasteiger partial charge in [0.15, 0.2) is 0 Å². The fourth-order valence-electron chi connectivity index (χ4n) is 4.13. The number of hydrogen-bond donors (Lipinski definition) is 0. The summed E-state index contributed by atoms with van der Waals surface area (Å²) in [5, 5.41) is 0. The lowest BCUT2D eigenvalue weighted by Crippen LogP contribution is -2.31. The smallest absolute Gasteiger partial charge is 0.384 e. The van der Waals surface area contributed by atoms with Crippen molar-refractivity contribution in [3.8, 4) is 17.2 Å². The van der Waals surface area contributed by atoms with Crippen molar-refractivity contribution in [3.63, 3.8) is 0 Å². The van der Waals surface area contributed by atoms with Crippen molar-refractivity contribution in [3.05, 3.63) is 84.9 Å². The second kappa shape index (κ2) is 13.6. The maximum absolute atomic E-state index is 6.50. The molecule has 3 aromatic carbocycles. The zero-order valence-electron chi connectivity index (χ0n) is 19.8. The molecule has 1 fully saturated rings. The minimum atomic E-state index is -1.29. The Bertz CT molecular complexity index is 911. The Labute approximate surface area is 209 Å². The van der Waals surface area contributed by atoms with E-state index < -0.39 is 8.53 Å². The third-order valence-corrected chi connectivity index (χ3v) is 8.51. The Kier molecular flexibility index (Phi) is 9.98. The van der Waals surface area contributed by atoms with E-state index in [1.165, 1.54) is 37.0 Å². The van der Waals surface area contributed by atoms with Gasteiger partial charge in [-0.2, -0.15) is 0 Å². The van der Waals surface area contributed by atoms with Gasteiger partial charge in [-0.1, -0.05) is 55.7 Å². The van der Waals surface area contributed by atoms with Gasteiger partial charge in [-0.05, 0) is 67.3 Å². The number of ether oxygens (including phenoxy) is 1. The van der Waals surface area contributed by atoms with Crippen LogP contribution in [0.15, 0.2) is 89.8 Å². The van der Waals surface area contributed by atoms with Crippen LogP contribution in [0.1, 0.15) is 32.1 Å². The number of rotatable bonds is 12. The summed E-state index contributed by atoms with van der Waals surface area (Å²) in [6.07, 6.45) is 6.61. The molecule has 1 aliphatic carbocycles. The molecule has 0 bridgehead atoms. The molecule has 4 rings (SSSR count). The second-order valence-electron chi connectivity index (χ2n) is 8.49. The van der Waals surface area contributed by atoms with E-state index in [9.17, 15) is 0 Å². The van der Waals surface area contributed by atoms with E-state index >= 15 is 0 Å². The molecular weight excluding hydrogens is 461 g/mol. The molecule has 3 aromatic rings. The van der Waals surface area contributed by atoms with Gasteiger partial charge in [0, 0.05) is 23.7 Å². The van der Waals surface area contributed by atoms with Crippen molar-refractivity contribution in [1.82, 2.24) is 4.67 Å². The van der Waals surface area contributed by atoms with Crippen LogP contribution in [-0.2, 0) is 0 Å². The average molecular weight is 496 g/mol. The highest BCUT2D eigenvalue weighted by atomic mass is 32.2. The van der Waals surface area contributed by atoms with Crippen LogP contribution in [0.5, 0.6) is 17.2 Å².